The van der Waals surface area contributed by atoms with Gasteiger partial charge in [-0.25, -0.2) is 9.18 Å². The summed E-state index contributed by atoms with van der Waals surface area (Å²) in [7, 11) is 0. The largest absolute Gasteiger partial charge is 0.490 e. The number of aliphatic carboxylic acids is 1. The number of alkyl halides is 3. The van der Waals surface area contributed by atoms with Gasteiger partial charge in [0.25, 0.3) is 0 Å². The van der Waals surface area contributed by atoms with Crippen LogP contribution in [0.1, 0.15) is 45.7 Å². The quantitative estimate of drug-likeness (QED) is 0.469. The average Bonchev–Trinajstić information content (AvgIpc) is 3.29. The molecule has 1 heterocycles. The molecule has 1 aromatic carbocycles. The lowest BCUT2D eigenvalue weighted by Crippen LogP contribution is -2.56. The van der Waals surface area contributed by atoms with Crippen LogP contribution in [0.5, 0.6) is 0 Å². The number of amides is 1. The monoisotopic (exact) mass is 515 g/mol. The van der Waals surface area contributed by atoms with Gasteiger partial charge in [-0.2, -0.15) is 13.2 Å². The molecule has 8 nitrogen and oxygen atoms in total. The van der Waals surface area contributed by atoms with Gasteiger partial charge in [0.05, 0.1) is 18.2 Å². The topological polar surface area (TPSA) is 128 Å². The maximum absolute atomic E-state index is 13.2. The Morgan fingerprint density at radius 1 is 1.25 bits per heavy atom. The van der Waals surface area contributed by atoms with Gasteiger partial charge in [-0.1, -0.05) is 19.0 Å². The van der Waals surface area contributed by atoms with E-state index in [0.29, 0.717) is 17.9 Å². The van der Waals surface area contributed by atoms with Gasteiger partial charge in [0.15, 0.2) is 5.76 Å². The number of carbonyl (C=O) groups excluding carboxylic acids is 1. The maximum atomic E-state index is 13.2. The lowest BCUT2D eigenvalue weighted by Gasteiger charge is -2.36. The number of aromatic nitrogens is 1. The average molecular weight is 516 g/mol. The molecule has 0 fully saturated rings. The molecule has 12 heteroatoms. The normalized spacial score (nSPS) is 19.8. The Balaban J connectivity index is 0.000000572. The Morgan fingerprint density at radius 2 is 1.83 bits per heavy atom. The van der Waals surface area contributed by atoms with Crippen LogP contribution in [-0.2, 0) is 14.3 Å². The van der Waals surface area contributed by atoms with Gasteiger partial charge in [-0.3, -0.25) is 4.79 Å². The highest BCUT2D eigenvalue weighted by Gasteiger charge is 2.38. The van der Waals surface area contributed by atoms with Crippen LogP contribution in [0.15, 0.2) is 40.9 Å². The van der Waals surface area contributed by atoms with Crippen LogP contribution in [0.2, 0.25) is 0 Å². The second-order valence-corrected chi connectivity index (χ2v) is 8.21. The van der Waals surface area contributed by atoms with Crippen molar-refractivity contribution in [2.24, 2.45) is 5.73 Å². The van der Waals surface area contributed by atoms with E-state index >= 15 is 0 Å². The summed E-state index contributed by atoms with van der Waals surface area (Å²) in [5.41, 5.74) is 8.72. The molecule has 0 bridgehead atoms. The van der Waals surface area contributed by atoms with E-state index in [4.69, 9.17) is 24.9 Å². The summed E-state index contributed by atoms with van der Waals surface area (Å²) in [5, 5.41) is 14.2. The minimum atomic E-state index is -5.08. The number of rotatable bonds is 7. The third kappa shape index (κ3) is 8.16. The molecule has 3 rings (SSSR count). The zero-order valence-corrected chi connectivity index (χ0v) is 20.0. The van der Waals surface area contributed by atoms with E-state index in [1.54, 1.807) is 12.1 Å². The molecule has 2 aromatic rings. The number of ether oxygens (including phenoxy) is 1. The van der Waals surface area contributed by atoms with Crippen molar-refractivity contribution < 1.29 is 41.5 Å². The smallest absolute Gasteiger partial charge is 0.475 e. The van der Waals surface area contributed by atoms with Crippen LogP contribution in [0.25, 0.3) is 16.9 Å². The molecule has 1 aliphatic rings. The van der Waals surface area contributed by atoms with Crippen molar-refractivity contribution in [1.82, 2.24) is 10.5 Å². The van der Waals surface area contributed by atoms with E-state index in [-0.39, 0.29) is 36.0 Å². The Morgan fingerprint density at radius 3 is 2.33 bits per heavy atom. The van der Waals surface area contributed by atoms with Crippen LogP contribution in [-0.4, -0.2) is 52.6 Å². The first kappa shape index (κ1) is 29.0. The molecule has 1 aliphatic carbocycles. The van der Waals surface area contributed by atoms with Gasteiger partial charge in [-0.05, 0) is 55.2 Å². The van der Waals surface area contributed by atoms with Gasteiger partial charge in [0.2, 0.25) is 5.91 Å². The molecule has 0 saturated heterocycles. The zero-order chi connectivity index (χ0) is 27.0. The van der Waals surface area contributed by atoms with E-state index in [0.717, 1.165) is 24.0 Å². The first-order chi connectivity index (χ1) is 16.8. The van der Waals surface area contributed by atoms with Crippen molar-refractivity contribution in [2.75, 3.05) is 0 Å². The summed E-state index contributed by atoms with van der Waals surface area (Å²) < 4.78 is 56.6. The SMILES string of the molecule is CCC(CC)O[C@@H]1C=C(c2cc(-c3ccc(F)cc3)on2)C[C@H](N)[C@H]1NC(C)=O.O=C(O)C(F)(F)F. The van der Waals surface area contributed by atoms with E-state index < -0.39 is 12.1 Å². The molecule has 0 radical (unpaired) electrons. The molecule has 1 aromatic heterocycles. The van der Waals surface area contributed by atoms with Crippen LogP contribution in [0, 0.1) is 5.82 Å². The van der Waals surface area contributed by atoms with Gasteiger partial charge >= 0.3 is 12.1 Å². The molecule has 0 aliphatic heterocycles. The molecule has 1 amide bonds. The van der Waals surface area contributed by atoms with Crippen molar-refractivity contribution in [3.8, 4) is 11.3 Å². The summed E-state index contributed by atoms with van der Waals surface area (Å²) in [6, 6.07) is 7.25. The van der Waals surface area contributed by atoms with Crippen molar-refractivity contribution in [3.63, 3.8) is 0 Å². The van der Waals surface area contributed by atoms with E-state index in [1.807, 2.05) is 12.1 Å². The number of halogens is 4. The predicted molar refractivity (Wildman–Crippen MR) is 123 cm³/mol. The Bertz CT molecular complexity index is 1050. The van der Waals surface area contributed by atoms with Gasteiger partial charge < -0.3 is 25.4 Å². The number of nitrogens with zero attached hydrogens (tertiary/aromatic N) is 1. The molecule has 36 heavy (non-hydrogen) atoms. The predicted octanol–water partition coefficient (Wildman–Crippen LogP) is 4.31. The molecular formula is C24H29F4N3O5. The minimum absolute atomic E-state index is 0.0751. The van der Waals surface area contributed by atoms with Crippen molar-refractivity contribution in [2.45, 2.75) is 70.5 Å². The first-order valence-electron chi connectivity index (χ1n) is 11.3. The number of carboxylic acid groups (broad SMARTS) is 1. The maximum Gasteiger partial charge on any atom is 0.490 e. The standard InChI is InChI=1S/C22H28FN3O3.C2HF3O2/c1-4-17(5-2)28-21-11-15(10-18(24)22(21)25-13(3)27)19-12-20(29-26-19)14-6-8-16(23)9-7-14;3-2(4,5)1(6)7/h6-9,11-12,17-18,21-22H,4-5,10,24H2,1-3H3,(H,25,27);(H,6,7)/t18-,21+,22+;/m0./s1. The fourth-order valence-electron chi connectivity index (χ4n) is 3.61. The highest BCUT2D eigenvalue weighted by molar-refractivity contribution is 5.75. The van der Waals surface area contributed by atoms with E-state index in [1.165, 1.54) is 19.1 Å². The fraction of sp³-hybridized carbons (Fsp3) is 0.458. The summed E-state index contributed by atoms with van der Waals surface area (Å²) in [6.07, 6.45) is -1.11. The molecule has 3 atom stereocenters. The molecule has 198 valence electrons. The summed E-state index contributed by atoms with van der Waals surface area (Å²) in [4.78, 5) is 20.6. The Hall–Kier alpha value is -3.25. The number of carboxylic acids is 1. The van der Waals surface area contributed by atoms with Crippen LogP contribution < -0.4 is 11.1 Å². The minimum Gasteiger partial charge on any atom is -0.475 e. The number of carbonyl (C=O) groups is 2. The number of nitrogens with one attached hydrogen (secondary N) is 1. The fourth-order valence-corrected chi connectivity index (χ4v) is 3.61. The summed E-state index contributed by atoms with van der Waals surface area (Å²) >= 11 is 0. The number of benzene rings is 1. The lowest BCUT2D eigenvalue weighted by molar-refractivity contribution is -0.192. The van der Waals surface area contributed by atoms with Crippen molar-refractivity contribution >= 4 is 17.4 Å². The highest BCUT2D eigenvalue weighted by atomic mass is 19.4. The second kappa shape index (κ2) is 12.6. The molecule has 0 spiro atoms. The molecule has 0 unspecified atom stereocenters. The number of hydrogen-bond donors (Lipinski definition) is 3. The van der Waals surface area contributed by atoms with Crippen LogP contribution in [0.4, 0.5) is 17.6 Å². The number of nitrogens with two attached hydrogens (primary N) is 1. The van der Waals surface area contributed by atoms with E-state index in [9.17, 15) is 22.4 Å². The summed E-state index contributed by atoms with van der Waals surface area (Å²) in [5.74, 6) is -2.65. The first-order valence-corrected chi connectivity index (χ1v) is 11.3. The molecular weight excluding hydrogens is 486 g/mol. The van der Waals surface area contributed by atoms with Gasteiger partial charge in [-0.15, -0.1) is 0 Å². The Labute approximate surface area is 205 Å². The van der Waals surface area contributed by atoms with Gasteiger partial charge in [0.1, 0.15) is 11.5 Å². The third-order valence-electron chi connectivity index (χ3n) is 5.48. The second-order valence-electron chi connectivity index (χ2n) is 8.21. The molecule has 0 saturated carbocycles. The zero-order valence-electron chi connectivity index (χ0n) is 20.0. The van der Waals surface area contributed by atoms with Gasteiger partial charge in [0, 0.05) is 24.6 Å². The molecule has 4 N–H and O–H groups in total. The number of hydrogen-bond acceptors (Lipinski definition) is 6. The lowest BCUT2D eigenvalue weighted by atomic mass is 9.86. The third-order valence-corrected chi connectivity index (χ3v) is 5.48. The van der Waals surface area contributed by atoms with Crippen molar-refractivity contribution in [3.05, 3.63) is 47.9 Å². The Kier molecular flexibility index (Phi) is 10.2. The van der Waals surface area contributed by atoms with Crippen molar-refractivity contribution in [1.29, 1.82) is 0 Å². The van der Waals surface area contributed by atoms with Crippen LogP contribution in [0.3, 0.4) is 0 Å². The highest BCUT2D eigenvalue weighted by Crippen LogP contribution is 2.31. The summed E-state index contributed by atoms with van der Waals surface area (Å²) in [6.45, 7) is 5.62. The van der Waals surface area contributed by atoms with Crippen LogP contribution >= 0.6 is 0 Å². The van der Waals surface area contributed by atoms with E-state index in [2.05, 4.69) is 24.3 Å².